The summed E-state index contributed by atoms with van der Waals surface area (Å²) in [6.07, 6.45) is 1.09. The normalized spacial score (nSPS) is 12.1. The maximum Gasteiger partial charge on any atom is 0.408 e. The largest absolute Gasteiger partial charge is 0.481 e. The average Bonchev–Trinajstić information content (AvgIpc) is 2.92. The van der Waals surface area contributed by atoms with Gasteiger partial charge in [-0.15, -0.1) is 0 Å². The van der Waals surface area contributed by atoms with Gasteiger partial charge in [-0.1, -0.05) is 66.7 Å². The number of methoxy groups -OCH3 is 2. The van der Waals surface area contributed by atoms with E-state index in [1.54, 1.807) is 18.3 Å². The zero-order chi connectivity index (χ0) is 25.8. The highest BCUT2D eigenvalue weighted by Crippen LogP contribution is 2.16. The fourth-order valence-corrected chi connectivity index (χ4v) is 3.56. The van der Waals surface area contributed by atoms with Crippen LogP contribution in [-0.2, 0) is 38.5 Å². The van der Waals surface area contributed by atoms with E-state index in [4.69, 9.17) is 14.2 Å². The lowest BCUT2D eigenvalue weighted by Gasteiger charge is -2.22. The zero-order valence-corrected chi connectivity index (χ0v) is 20.2. The van der Waals surface area contributed by atoms with Gasteiger partial charge in [0.15, 0.2) is 0 Å². The summed E-state index contributed by atoms with van der Waals surface area (Å²) >= 11 is 0. The number of carbonyl (C=O) groups is 3. The van der Waals surface area contributed by atoms with Crippen LogP contribution in [0, 0.1) is 0 Å². The van der Waals surface area contributed by atoms with Crippen LogP contribution in [0.2, 0.25) is 0 Å². The standard InChI is InChI=1S/C27H29N3O6/c1-34-25-21(14-9-15-28-25)17-23(26(32)35-2)29-24(31)22(16-19-10-5-3-6-11-19)30-27(33)36-18-20-12-7-4-8-13-20/h3-15,22-23H,16-18H2,1-2H3,(H,29,31)(H,30,33)/t22-,23+/m0/s1. The van der Waals surface area contributed by atoms with E-state index in [0.29, 0.717) is 11.4 Å². The van der Waals surface area contributed by atoms with Crippen LogP contribution >= 0.6 is 0 Å². The quantitative estimate of drug-likeness (QED) is 0.396. The predicted octanol–water partition coefficient (Wildman–Crippen LogP) is 2.83. The predicted molar refractivity (Wildman–Crippen MR) is 132 cm³/mol. The third-order valence-electron chi connectivity index (χ3n) is 5.37. The Hall–Kier alpha value is -4.40. The Morgan fingerprint density at radius 1 is 0.806 bits per heavy atom. The van der Waals surface area contributed by atoms with Crippen molar-refractivity contribution in [3.63, 3.8) is 0 Å². The zero-order valence-electron chi connectivity index (χ0n) is 20.2. The second-order valence-electron chi connectivity index (χ2n) is 7.91. The molecule has 1 aromatic heterocycles. The van der Waals surface area contributed by atoms with Crippen molar-refractivity contribution >= 4 is 18.0 Å². The molecule has 188 valence electrons. The molecule has 9 heteroatoms. The highest BCUT2D eigenvalue weighted by Gasteiger charge is 2.29. The molecule has 0 saturated carbocycles. The van der Waals surface area contributed by atoms with Crippen molar-refractivity contribution in [2.45, 2.75) is 31.5 Å². The summed E-state index contributed by atoms with van der Waals surface area (Å²) in [7, 11) is 2.71. The molecular formula is C27H29N3O6. The third-order valence-corrected chi connectivity index (χ3v) is 5.37. The van der Waals surface area contributed by atoms with E-state index in [9.17, 15) is 14.4 Å². The van der Waals surface area contributed by atoms with Crippen LogP contribution in [0.3, 0.4) is 0 Å². The van der Waals surface area contributed by atoms with Crippen LogP contribution in [0.15, 0.2) is 79.0 Å². The van der Waals surface area contributed by atoms with Crippen molar-refractivity contribution < 1.29 is 28.6 Å². The molecule has 0 aliphatic heterocycles. The number of aromatic nitrogens is 1. The summed E-state index contributed by atoms with van der Waals surface area (Å²) in [5, 5.41) is 5.32. The number of ether oxygens (including phenoxy) is 3. The number of pyridine rings is 1. The van der Waals surface area contributed by atoms with Crippen LogP contribution in [-0.4, -0.2) is 49.3 Å². The Morgan fingerprint density at radius 2 is 1.47 bits per heavy atom. The van der Waals surface area contributed by atoms with Crippen molar-refractivity contribution in [2.75, 3.05) is 14.2 Å². The molecular weight excluding hydrogens is 462 g/mol. The summed E-state index contributed by atoms with van der Waals surface area (Å²) in [4.78, 5) is 42.5. The van der Waals surface area contributed by atoms with Gasteiger partial charge in [-0.2, -0.15) is 0 Å². The minimum atomic E-state index is -1.03. The number of benzene rings is 2. The number of esters is 1. The molecule has 0 aliphatic rings. The second-order valence-corrected chi connectivity index (χ2v) is 7.91. The van der Waals surface area contributed by atoms with Crippen LogP contribution in [0.1, 0.15) is 16.7 Å². The van der Waals surface area contributed by atoms with Gasteiger partial charge < -0.3 is 24.8 Å². The van der Waals surface area contributed by atoms with E-state index >= 15 is 0 Å². The van der Waals surface area contributed by atoms with Crippen LogP contribution in [0.25, 0.3) is 0 Å². The van der Waals surface area contributed by atoms with Gasteiger partial charge in [-0.3, -0.25) is 4.79 Å². The van der Waals surface area contributed by atoms with Crippen molar-refractivity contribution in [1.29, 1.82) is 0 Å². The number of rotatable bonds is 11. The molecule has 0 aliphatic carbocycles. The van der Waals surface area contributed by atoms with Gasteiger partial charge in [-0.25, -0.2) is 14.6 Å². The summed E-state index contributed by atoms with van der Waals surface area (Å²) < 4.78 is 15.5. The van der Waals surface area contributed by atoms with Crippen LogP contribution in [0.5, 0.6) is 5.88 Å². The molecule has 0 radical (unpaired) electrons. The van der Waals surface area contributed by atoms with Gasteiger partial charge in [-0.05, 0) is 17.2 Å². The van der Waals surface area contributed by atoms with Crippen molar-refractivity contribution in [1.82, 2.24) is 15.6 Å². The molecule has 2 amide bonds. The lowest BCUT2D eigenvalue weighted by molar-refractivity contribution is -0.145. The summed E-state index contributed by atoms with van der Waals surface area (Å²) in [6, 6.07) is 19.8. The maximum absolute atomic E-state index is 13.3. The molecule has 0 unspecified atom stereocenters. The Balaban J connectivity index is 1.74. The topological polar surface area (TPSA) is 116 Å². The minimum absolute atomic E-state index is 0.0535. The van der Waals surface area contributed by atoms with E-state index in [1.165, 1.54) is 14.2 Å². The van der Waals surface area contributed by atoms with Gasteiger partial charge in [0.25, 0.3) is 0 Å². The Labute approximate surface area is 209 Å². The highest BCUT2D eigenvalue weighted by atomic mass is 16.5. The fourth-order valence-electron chi connectivity index (χ4n) is 3.56. The number of hydrogen-bond acceptors (Lipinski definition) is 7. The van der Waals surface area contributed by atoms with E-state index in [2.05, 4.69) is 15.6 Å². The molecule has 2 N–H and O–H groups in total. The van der Waals surface area contributed by atoms with E-state index in [0.717, 1.165) is 11.1 Å². The maximum atomic E-state index is 13.3. The Kier molecular flexibility index (Phi) is 9.81. The second kappa shape index (κ2) is 13.5. The number of nitrogens with zero attached hydrogens (tertiary/aromatic N) is 1. The smallest absolute Gasteiger partial charge is 0.408 e. The van der Waals surface area contributed by atoms with Crippen molar-refractivity contribution in [2.24, 2.45) is 0 Å². The number of carbonyl (C=O) groups excluding carboxylic acids is 3. The molecule has 0 spiro atoms. The van der Waals surface area contributed by atoms with Crippen LogP contribution < -0.4 is 15.4 Å². The Bertz CT molecular complexity index is 1140. The molecule has 9 nitrogen and oxygen atoms in total. The summed E-state index contributed by atoms with van der Waals surface area (Å²) in [5.41, 5.74) is 2.25. The molecule has 2 aromatic carbocycles. The first kappa shape index (κ1) is 26.2. The molecule has 3 rings (SSSR count). The highest BCUT2D eigenvalue weighted by molar-refractivity contribution is 5.90. The van der Waals surface area contributed by atoms with E-state index in [-0.39, 0.29) is 19.4 Å². The first-order valence-electron chi connectivity index (χ1n) is 11.4. The SMILES string of the molecule is COC(=O)[C@@H](Cc1cccnc1OC)NC(=O)[C@H](Cc1ccccc1)NC(=O)OCc1ccccc1. The molecule has 1 heterocycles. The third kappa shape index (κ3) is 7.83. The van der Waals surface area contributed by atoms with Crippen molar-refractivity contribution in [3.8, 4) is 5.88 Å². The lowest BCUT2D eigenvalue weighted by atomic mass is 10.0. The number of hydrogen-bond donors (Lipinski definition) is 2. The van der Waals surface area contributed by atoms with E-state index < -0.39 is 30.1 Å². The van der Waals surface area contributed by atoms with Crippen LogP contribution in [0.4, 0.5) is 4.79 Å². The molecule has 0 saturated heterocycles. The number of alkyl carbamates (subject to hydrolysis) is 1. The number of nitrogens with one attached hydrogen (secondary N) is 2. The summed E-state index contributed by atoms with van der Waals surface area (Å²) in [6.45, 7) is 0.0535. The van der Waals surface area contributed by atoms with Gasteiger partial charge in [0.1, 0.15) is 18.7 Å². The fraction of sp³-hybridized carbons (Fsp3) is 0.259. The first-order valence-corrected chi connectivity index (χ1v) is 11.4. The Morgan fingerprint density at radius 3 is 2.11 bits per heavy atom. The number of amides is 2. The lowest BCUT2D eigenvalue weighted by Crippen LogP contribution is -2.53. The van der Waals surface area contributed by atoms with Gasteiger partial charge in [0.05, 0.1) is 14.2 Å². The molecule has 36 heavy (non-hydrogen) atoms. The first-order chi connectivity index (χ1) is 17.5. The monoisotopic (exact) mass is 491 g/mol. The van der Waals surface area contributed by atoms with Gasteiger partial charge in [0, 0.05) is 24.6 Å². The molecule has 2 atom stereocenters. The van der Waals surface area contributed by atoms with Crippen molar-refractivity contribution in [3.05, 3.63) is 95.7 Å². The average molecular weight is 492 g/mol. The van der Waals surface area contributed by atoms with E-state index in [1.807, 2.05) is 60.7 Å². The van der Waals surface area contributed by atoms with Gasteiger partial charge in [0.2, 0.25) is 11.8 Å². The minimum Gasteiger partial charge on any atom is -0.481 e. The summed E-state index contributed by atoms with van der Waals surface area (Å²) in [5.74, 6) is -0.864. The molecule has 0 bridgehead atoms. The molecule has 0 fully saturated rings. The molecule has 3 aromatic rings. The van der Waals surface area contributed by atoms with Gasteiger partial charge >= 0.3 is 12.1 Å².